The summed E-state index contributed by atoms with van der Waals surface area (Å²) in [5.74, 6) is 0.300. The van der Waals surface area contributed by atoms with Gasteiger partial charge in [-0.15, -0.1) is 11.3 Å². The molecule has 9 heteroatoms. The first-order chi connectivity index (χ1) is 10.8. The van der Waals surface area contributed by atoms with Crippen molar-refractivity contribution >= 4 is 44.7 Å². The number of hydrogen-bond acceptors (Lipinski definition) is 6. The fourth-order valence-corrected chi connectivity index (χ4v) is 4.70. The lowest BCUT2D eigenvalue weighted by molar-refractivity contribution is -0.116. The molecular weight excluding hydrogens is 354 g/mol. The summed E-state index contributed by atoms with van der Waals surface area (Å²) in [6, 6.07) is 4.64. The lowest BCUT2D eigenvalue weighted by atomic mass is 10.2. The van der Waals surface area contributed by atoms with Gasteiger partial charge < -0.3 is 4.90 Å². The number of fused-ring (bicyclic) bond motifs is 1. The molecule has 0 spiro atoms. The van der Waals surface area contributed by atoms with E-state index < -0.39 is 10.0 Å². The predicted molar refractivity (Wildman–Crippen MR) is 91.4 cm³/mol. The smallest absolute Gasteiger partial charge is 0.238 e. The van der Waals surface area contributed by atoms with Gasteiger partial charge in [0.15, 0.2) is 4.34 Å². The van der Waals surface area contributed by atoms with Crippen molar-refractivity contribution in [3.8, 4) is 0 Å². The molecule has 0 aliphatic carbocycles. The van der Waals surface area contributed by atoms with Crippen LogP contribution in [0.4, 0.5) is 5.69 Å². The Bertz CT molecular complexity index is 861. The number of primary sulfonamides is 1. The number of nitrogens with two attached hydrogens (primary N) is 1. The molecule has 0 atom stereocenters. The molecule has 0 bridgehead atoms. The second-order valence-corrected chi connectivity index (χ2v) is 8.82. The molecule has 1 aliphatic heterocycles. The van der Waals surface area contributed by atoms with Crippen LogP contribution in [0.2, 0.25) is 0 Å². The van der Waals surface area contributed by atoms with E-state index in [1.165, 1.54) is 29.2 Å². The monoisotopic (exact) mass is 369 g/mol. The van der Waals surface area contributed by atoms with Crippen molar-refractivity contribution < 1.29 is 13.2 Å². The Morgan fingerprint density at radius 3 is 2.91 bits per heavy atom. The third-order valence-electron chi connectivity index (χ3n) is 3.49. The highest BCUT2D eigenvalue weighted by atomic mass is 32.2. The van der Waals surface area contributed by atoms with Crippen molar-refractivity contribution in [3.05, 3.63) is 34.8 Å². The number of aryl methyl sites for hydroxylation is 1. The zero-order valence-corrected chi connectivity index (χ0v) is 14.8. The molecule has 122 valence electrons. The van der Waals surface area contributed by atoms with Crippen LogP contribution in [0.5, 0.6) is 0 Å². The minimum Gasteiger partial charge on any atom is -0.311 e. The van der Waals surface area contributed by atoms with Gasteiger partial charge >= 0.3 is 0 Å². The number of benzene rings is 1. The lowest BCUT2D eigenvalue weighted by Gasteiger charge is -2.17. The standard InChI is InChI=1S/C14H15N3O3S3/c1-9-7-21-14(16-9)22-8-13(18)17-5-4-10-6-11(23(15,19)20)2-3-12(10)17/h2-3,6-7H,4-5,8H2,1H3,(H2,15,19,20). The van der Waals surface area contributed by atoms with Gasteiger partial charge in [-0.1, -0.05) is 11.8 Å². The highest BCUT2D eigenvalue weighted by Gasteiger charge is 2.26. The first kappa shape index (κ1) is 16.4. The second-order valence-electron chi connectivity index (χ2n) is 5.17. The van der Waals surface area contributed by atoms with E-state index in [1.807, 2.05) is 12.3 Å². The second kappa shape index (κ2) is 6.23. The van der Waals surface area contributed by atoms with Crippen LogP contribution in [0.1, 0.15) is 11.3 Å². The summed E-state index contributed by atoms with van der Waals surface area (Å²) in [5.41, 5.74) is 2.55. The van der Waals surface area contributed by atoms with Crippen LogP contribution >= 0.6 is 23.1 Å². The van der Waals surface area contributed by atoms with Crippen LogP contribution in [0, 0.1) is 6.92 Å². The number of aromatic nitrogens is 1. The molecule has 1 aromatic carbocycles. The molecule has 6 nitrogen and oxygen atoms in total. The number of amides is 1. The maximum absolute atomic E-state index is 12.4. The predicted octanol–water partition coefficient (Wildman–Crippen LogP) is 1.78. The van der Waals surface area contributed by atoms with Crippen molar-refractivity contribution in [2.75, 3.05) is 17.2 Å². The summed E-state index contributed by atoms with van der Waals surface area (Å²) in [6.07, 6.45) is 0.630. The van der Waals surface area contributed by atoms with E-state index in [1.54, 1.807) is 17.0 Å². The SMILES string of the molecule is Cc1csc(SCC(=O)N2CCc3cc(S(N)(=O)=O)ccc32)n1. The average molecular weight is 369 g/mol. The van der Waals surface area contributed by atoms with Crippen molar-refractivity contribution in [1.82, 2.24) is 4.98 Å². The molecule has 23 heavy (non-hydrogen) atoms. The van der Waals surface area contributed by atoms with Gasteiger partial charge in [-0.25, -0.2) is 18.5 Å². The van der Waals surface area contributed by atoms with E-state index in [2.05, 4.69) is 4.98 Å². The van der Waals surface area contributed by atoms with Crippen LogP contribution in [0.25, 0.3) is 0 Å². The third-order valence-corrected chi connectivity index (χ3v) is 6.53. The number of hydrogen-bond donors (Lipinski definition) is 1. The fourth-order valence-electron chi connectivity index (χ4n) is 2.41. The maximum Gasteiger partial charge on any atom is 0.238 e. The first-order valence-electron chi connectivity index (χ1n) is 6.85. The maximum atomic E-state index is 12.4. The Morgan fingerprint density at radius 2 is 2.26 bits per heavy atom. The zero-order valence-electron chi connectivity index (χ0n) is 12.4. The van der Waals surface area contributed by atoms with Crippen LogP contribution in [-0.2, 0) is 21.2 Å². The van der Waals surface area contributed by atoms with Gasteiger partial charge in [0.25, 0.3) is 0 Å². The number of thiazole rings is 1. The minimum absolute atomic E-state index is 0.00930. The van der Waals surface area contributed by atoms with E-state index in [9.17, 15) is 13.2 Å². The third kappa shape index (κ3) is 3.57. The summed E-state index contributed by atoms with van der Waals surface area (Å²) < 4.78 is 23.7. The van der Waals surface area contributed by atoms with Crippen molar-refractivity contribution in [3.63, 3.8) is 0 Å². The summed E-state index contributed by atoms with van der Waals surface area (Å²) in [4.78, 5) is 18.5. The number of carbonyl (C=O) groups is 1. The number of sulfonamides is 1. The molecule has 0 saturated carbocycles. The molecule has 2 aromatic rings. The van der Waals surface area contributed by atoms with Crippen LogP contribution in [-0.4, -0.2) is 31.6 Å². The molecule has 1 amide bonds. The van der Waals surface area contributed by atoms with Crippen LogP contribution < -0.4 is 10.0 Å². The van der Waals surface area contributed by atoms with Crippen molar-refractivity contribution in [1.29, 1.82) is 0 Å². The normalized spacial score (nSPS) is 14.1. The van der Waals surface area contributed by atoms with E-state index in [0.29, 0.717) is 18.7 Å². The Morgan fingerprint density at radius 1 is 1.48 bits per heavy atom. The molecule has 3 rings (SSSR count). The summed E-state index contributed by atoms with van der Waals surface area (Å²) in [6.45, 7) is 2.47. The quantitative estimate of drug-likeness (QED) is 0.829. The highest BCUT2D eigenvalue weighted by Crippen LogP contribution is 2.31. The summed E-state index contributed by atoms with van der Waals surface area (Å²) in [7, 11) is -3.72. The van der Waals surface area contributed by atoms with E-state index >= 15 is 0 Å². The molecule has 1 aliphatic rings. The molecule has 0 fully saturated rings. The Labute approximate surface area is 142 Å². The molecular formula is C14H15N3O3S3. The van der Waals surface area contributed by atoms with Crippen molar-refractivity contribution in [2.24, 2.45) is 5.14 Å². The average Bonchev–Trinajstić information content (AvgIpc) is 3.09. The molecule has 2 N–H and O–H groups in total. The number of anilines is 1. The van der Waals surface area contributed by atoms with Gasteiger partial charge in [-0.3, -0.25) is 4.79 Å². The largest absolute Gasteiger partial charge is 0.311 e. The molecule has 1 aromatic heterocycles. The Kier molecular flexibility index (Phi) is 4.45. The minimum atomic E-state index is -3.72. The Hall–Kier alpha value is -1.42. The Balaban J connectivity index is 1.73. The van der Waals surface area contributed by atoms with Gasteiger partial charge in [-0.2, -0.15) is 0 Å². The van der Waals surface area contributed by atoms with Gasteiger partial charge in [-0.05, 0) is 37.1 Å². The van der Waals surface area contributed by atoms with Crippen LogP contribution in [0.3, 0.4) is 0 Å². The molecule has 0 radical (unpaired) electrons. The number of nitrogens with zero attached hydrogens (tertiary/aromatic N) is 2. The number of carbonyl (C=O) groups excluding carboxylic acids is 1. The fraction of sp³-hybridized carbons (Fsp3) is 0.286. The van der Waals surface area contributed by atoms with Crippen molar-refractivity contribution in [2.45, 2.75) is 22.6 Å². The van der Waals surface area contributed by atoms with Gasteiger partial charge in [0.2, 0.25) is 15.9 Å². The molecule has 0 saturated heterocycles. The van der Waals surface area contributed by atoms with Gasteiger partial charge in [0.1, 0.15) is 0 Å². The number of rotatable bonds is 4. The van der Waals surface area contributed by atoms with Crippen LogP contribution in [0.15, 0.2) is 32.8 Å². The highest BCUT2D eigenvalue weighted by molar-refractivity contribution is 8.01. The van der Waals surface area contributed by atoms with Gasteiger partial charge in [0, 0.05) is 23.3 Å². The first-order valence-corrected chi connectivity index (χ1v) is 10.3. The molecule has 2 heterocycles. The zero-order chi connectivity index (χ0) is 16.6. The summed E-state index contributed by atoms with van der Waals surface area (Å²) in [5, 5.41) is 7.09. The van der Waals surface area contributed by atoms with E-state index in [4.69, 9.17) is 5.14 Å². The van der Waals surface area contributed by atoms with E-state index in [0.717, 1.165) is 21.3 Å². The number of thioether (sulfide) groups is 1. The lowest BCUT2D eigenvalue weighted by Crippen LogP contribution is -2.30. The van der Waals surface area contributed by atoms with E-state index in [-0.39, 0.29) is 10.8 Å². The topological polar surface area (TPSA) is 93.4 Å². The summed E-state index contributed by atoms with van der Waals surface area (Å²) >= 11 is 2.94. The molecule has 0 unspecified atom stereocenters. The van der Waals surface area contributed by atoms with Gasteiger partial charge in [0.05, 0.1) is 10.6 Å².